The zero-order chi connectivity index (χ0) is 18.5. The first kappa shape index (κ1) is 17.9. The highest BCUT2D eigenvalue weighted by Gasteiger charge is 2.51. The second-order valence-corrected chi connectivity index (χ2v) is 8.08. The first-order chi connectivity index (χ1) is 11.8. The number of thiophene rings is 1. The molecule has 0 radical (unpaired) electrons. The lowest BCUT2D eigenvalue weighted by Crippen LogP contribution is -2.31. The summed E-state index contributed by atoms with van der Waals surface area (Å²) in [5, 5.41) is 0.424. The lowest BCUT2D eigenvalue weighted by molar-refractivity contribution is -0.122. The van der Waals surface area contributed by atoms with Crippen LogP contribution >= 0.6 is 11.3 Å². The maximum atomic E-state index is 13.0. The second kappa shape index (κ2) is 6.41. The molecule has 1 aliphatic heterocycles. The van der Waals surface area contributed by atoms with Gasteiger partial charge < -0.3 is 4.74 Å². The molecule has 0 spiro atoms. The minimum atomic E-state index is -0.472. The van der Waals surface area contributed by atoms with Gasteiger partial charge in [0.1, 0.15) is 5.00 Å². The van der Waals surface area contributed by atoms with E-state index in [1.165, 1.54) is 27.4 Å². The second-order valence-electron chi connectivity index (χ2n) is 6.88. The summed E-state index contributed by atoms with van der Waals surface area (Å²) in [6.07, 6.45) is 1.24. The quantitative estimate of drug-likeness (QED) is 0.467. The molecule has 6 heteroatoms. The van der Waals surface area contributed by atoms with Gasteiger partial charge in [0.25, 0.3) is 0 Å². The zero-order valence-electron chi connectivity index (χ0n) is 15.3. The number of hydrogen-bond donors (Lipinski definition) is 0. The first-order valence-electron chi connectivity index (χ1n) is 8.58. The third-order valence-corrected chi connectivity index (χ3v) is 6.58. The first-order valence-corrected chi connectivity index (χ1v) is 9.39. The standard InChI is InChI=1S/C19H23NO4S/c1-6-24-19(23)15-11(4)12(5)25-18(15)20-16(21)13-7-9(2)10(3)8-14(13)17(20)22/h13-14H,6-8H2,1-5H3/t13-,14+. The van der Waals surface area contributed by atoms with Gasteiger partial charge in [0.15, 0.2) is 0 Å². The Hall–Kier alpha value is -1.95. The van der Waals surface area contributed by atoms with Crippen LogP contribution in [0.1, 0.15) is 54.4 Å². The van der Waals surface area contributed by atoms with E-state index in [9.17, 15) is 14.4 Å². The van der Waals surface area contributed by atoms with Gasteiger partial charge in [-0.25, -0.2) is 9.69 Å². The molecular formula is C19H23NO4S. The number of fused-ring (bicyclic) bond motifs is 1. The van der Waals surface area contributed by atoms with Crippen molar-refractivity contribution in [1.29, 1.82) is 0 Å². The van der Waals surface area contributed by atoms with Gasteiger partial charge in [-0.2, -0.15) is 0 Å². The average molecular weight is 361 g/mol. The van der Waals surface area contributed by atoms with Crippen LogP contribution in [-0.4, -0.2) is 24.4 Å². The Bertz CT molecular complexity index is 773. The monoisotopic (exact) mass is 361 g/mol. The minimum Gasteiger partial charge on any atom is -0.462 e. The molecule has 1 saturated heterocycles. The highest BCUT2D eigenvalue weighted by molar-refractivity contribution is 7.17. The van der Waals surface area contributed by atoms with Crippen molar-refractivity contribution < 1.29 is 19.1 Å². The van der Waals surface area contributed by atoms with Gasteiger partial charge in [0.2, 0.25) is 11.8 Å². The number of aryl methyl sites for hydroxylation is 1. The van der Waals surface area contributed by atoms with Crippen molar-refractivity contribution >= 4 is 34.1 Å². The number of ether oxygens (including phenoxy) is 1. The number of imide groups is 1. The molecule has 25 heavy (non-hydrogen) atoms. The number of nitrogens with zero attached hydrogens (tertiary/aromatic N) is 1. The van der Waals surface area contributed by atoms with Crippen LogP contribution in [0.25, 0.3) is 0 Å². The number of carbonyl (C=O) groups excluding carboxylic acids is 3. The molecule has 0 aromatic carbocycles. The van der Waals surface area contributed by atoms with E-state index in [2.05, 4.69) is 0 Å². The Kier molecular flexibility index (Phi) is 4.58. The lowest BCUT2D eigenvalue weighted by atomic mass is 9.78. The molecule has 1 aromatic heterocycles. The van der Waals surface area contributed by atoms with Crippen LogP contribution in [-0.2, 0) is 14.3 Å². The molecular weight excluding hydrogens is 338 g/mol. The lowest BCUT2D eigenvalue weighted by Gasteiger charge is -2.23. The molecule has 2 amide bonds. The number of esters is 1. The van der Waals surface area contributed by atoms with Crippen molar-refractivity contribution in [3.63, 3.8) is 0 Å². The maximum absolute atomic E-state index is 13.0. The summed E-state index contributed by atoms with van der Waals surface area (Å²) < 4.78 is 5.16. The van der Waals surface area contributed by atoms with E-state index in [1.807, 2.05) is 27.7 Å². The molecule has 134 valence electrons. The molecule has 0 saturated carbocycles. The van der Waals surface area contributed by atoms with Crippen LogP contribution in [0.5, 0.6) is 0 Å². The van der Waals surface area contributed by atoms with E-state index in [0.29, 0.717) is 23.4 Å². The number of rotatable bonds is 3. The van der Waals surface area contributed by atoms with Crippen molar-refractivity contribution in [1.82, 2.24) is 0 Å². The molecule has 1 fully saturated rings. The van der Waals surface area contributed by atoms with Crippen LogP contribution in [0, 0.1) is 25.7 Å². The summed E-state index contributed by atoms with van der Waals surface area (Å²) in [7, 11) is 0. The van der Waals surface area contributed by atoms with E-state index >= 15 is 0 Å². The summed E-state index contributed by atoms with van der Waals surface area (Å²) in [6.45, 7) is 9.76. The molecule has 2 atom stereocenters. The van der Waals surface area contributed by atoms with Gasteiger partial charge in [-0.15, -0.1) is 11.3 Å². The third-order valence-electron chi connectivity index (χ3n) is 5.39. The molecule has 5 nitrogen and oxygen atoms in total. The van der Waals surface area contributed by atoms with E-state index in [0.717, 1.165) is 10.4 Å². The van der Waals surface area contributed by atoms with Crippen molar-refractivity contribution in [2.45, 2.75) is 47.5 Å². The Morgan fingerprint density at radius 2 is 1.60 bits per heavy atom. The van der Waals surface area contributed by atoms with Crippen molar-refractivity contribution in [2.24, 2.45) is 11.8 Å². The predicted octanol–water partition coefficient (Wildman–Crippen LogP) is 3.78. The molecule has 2 aliphatic rings. The van der Waals surface area contributed by atoms with Crippen LogP contribution in [0.15, 0.2) is 11.1 Å². The van der Waals surface area contributed by atoms with E-state index < -0.39 is 5.97 Å². The van der Waals surface area contributed by atoms with Crippen molar-refractivity contribution in [3.8, 4) is 0 Å². The van der Waals surface area contributed by atoms with Gasteiger partial charge in [-0.05, 0) is 53.0 Å². The van der Waals surface area contributed by atoms with Gasteiger partial charge >= 0.3 is 5.97 Å². The van der Waals surface area contributed by atoms with Crippen molar-refractivity contribution in [3.05, 3.63) is 27.2 Å². The molecule has 0 bridgehead atoms. The number of anilines is 1. The normalized spacial score (nSPS) is 23.3. The predicted molar refractivity (Wildman–Crippen MR) is 96.8 cm³/mol. The highest BCUT2D eigenvalue weighted by atomic mass is 32.1. The Morgan fingerprint density at radius 3 is 2.08 bits per heavy atom. The van der Waals surface area contributed by atoms with E-state index in [-0.39, 0.29) is 30.3 Å². The topological polar surface area (TPSA) is 63.7 Å². The summed E-state index contributed by atoms with van der Waals surface area (Å²) in [4.78, 5) is 40.6. The smallest absolute Gasteiger partial charge is 0.341 e. The van der Waals surface area contributed by atoms with E-state index in [4.69, 9.17) is 4.74 Å². The molecule has 3 rings (SSSR count). The Morgan fingerprint density at radius 1 is 1.08 bits per heavy atom. The molecule has 0 unspecified atom stereocenters. The Labute approximate surface area is 151 Å². The van der Waals surface area contributed by atoms with Gasteiger partial charge in [0.05, 0.1) is 24.0 Å². The number of hydrogen-bond acceptors (Lipinski definition) is 5. The fraction of sp³-hybridized carbons (Fsp3) is 0.526. The molecule has 2 heterocycles. The summed E-state index contributed by atoms with van der Waals surface area (Å²) in [6, 6.07) is 0. The SMILES string of the molecule is CCOC(=O)c1c(N2C(=O)[C@H]3CC(C)=C(C)C[C@H]3C2=O)sc(C)c1C. The average Bonchev–Trinajstić information content (AvgIpc) is 2.96. The van der Waals surface area contributed by atoms with Gasteiger partial charge in [-0.3, -0.25) is 9.59 Å². The highest BCUT2D eigenvalue weighted by Crippen LogP contribution is 2.45. The number of carbonyl (C=O) groups is 3. The molecule has 0 N–H and O–H groups in total. The summed E-state index contributed by atoms with van der Waals surface area (Å²) in [5.74, 6) is -1.47. The Balaban J connectivity index is 2.04. The fourth-order valence-electron chi connectivity index (χ4n) is 3.66. The van der Waals surface area contributed by atoms with Crippen molar-refractivity contribution in [2.75, 3.05) is 11.5 Å². The third kappa shape index (κ3) is 2.72. The summed E-state index contributed by atoms with van der Waals surface area (Å²) in [5.41, 5.74) is 3.51. The van der Waals surface area contributed by atoms with Crippen LogP contribution in [0.4, 0.5) is 5.00 Å². The number of allylic oxidation sites excluding steroid dienone is 2. The molecule has 1 aromatic rings. The zero-order valence-corrected chi connectivity index (χ0v) is 16.1. The van der Waals surface area contributed by atoms with E-state index in [1.54, 1.807) is 6.92 Å². The van der Waals surface area contributed by atoms with Crippen LogP contribution in [0.3, 0.4) is 0 Å². The van der Waals surface area contributed by atoms with Gasteiger partial charge in [0, 0.05) is 4.88 Å². The molecule has 1 aliphatic carbocycles. The van der Waals surface area contributed by atoms with Gasteiger partial charge in [-0.1, -0.05) is 11.1 Å². The fourth-order valence-corrected chi connectivity index (χ4v) is 4.82. The summed E-state index contributed by atoms with van der Waals surface area (Å²) >= 11 is 1.32. The maximum Gasteiger partial charge on any atom is 0.341 e. The number of amides is 2. The minimum absolute atomic E-state index is 0.186. The van der Waals surface area contributed by atoms with Crippen LogP contribution < -0.4 is 4.90 Å². The largest absolute Gasteiger partial charge is 0.462 e. The van der Waals surface area contributed by atoms with Crippen LogP contribution in [0.2, 0.25) is 0 Å².